The summed E-state index contributed by atoms with van der Waals surface area (Å²) in [7, 11) is -3.12. The number of rotatable bonds is 5. The van der Waals surface area contributed by atoms with Crippen LogP contribution in [0.15, 0.2) is 24.3 Å². The van der Waals surface area contributed by atoms with Gasteiger partial charge in [-0.05, 0) is 32.3 Å². The van der Waals surface area contributed by atoms with Crippen LogP contribution in [0.1, 0.15) is 30.9 Å². The molecule has 1 aromatic carbocycles. The van der Waals surface area contributed by atoms with Gasteiger partial charge in [0.2, 0.25) is 10.0 Å². The molecular weight excluding hydrogens is 376 g/mol. The van der Waals surface area contributed by atoms with Crippen molar-refractivity contribution in [2.45, 2.75) is 39.3 Å². The van der Waals surface area contributed by atoms with E-state index in [9.17, 15) is 13.2 Å². The number of benzene rings is 1. The molecule has 8 heteroatoms. The first-order valence-corrected chi connectivity index (χ1v) is 11.8. The number of hydrogen-bond donors (Lipinski definition) is 1. The molecule has 1 aromatic rings. The average molecular weight is 409 g/mol. The molecule has 2 fully saturated rings. The summed E-state index contributed by atoms with van der Waals surface area (Å²) < 4.78 is 25.4. The van der Waals surface area contributed by atoms with Crippen LogP contribution in [-0.4, -0.2) is 79.6 Å². The minimum atomic E-state index is -3.12. The molecule has 2 aliphatic heterocycles. The van der Waals surface area contributed by atoms with E-state index in [1.54, 1.807) is 11.2 Å². The summed E-state index contributed by atoms with van der Waals surface area (Å²) in [5, 5.41) is 3.10. The Kier molecular flexibility index (Phi) is 6.95. The number of nitrogens with zero attached hydrogens (tertiary/aromatic N) is 3. The van der Waals surface area contributed by atoms with Crippen LogP contribution in [0.5, 0.6) is 0 Å². The second kappa shape index (κ2) is 9.24. The minimum absolute atomic E-state index is 0.0213. The number of nitrogens with one attached hydrogen (secondary N) is 1. The summed E-state index contributed by atoms with van der Waals surface area (Å²) in [6.07, 6.45) is 1.36. The van der Waals surface area contributed by atoms with Gasteiger partial charge in [-0.2, -0.15) is 0 Å². The van der Waals surface area contributed by atoms with Crippen molar-refractivity contribution < 1.29 is 13.2 Å². The van der Waals surface area contributed by atoms with Gasteiger partial charge in [0.15, 0.2) is 0 Å². The molecule has 3 rings (SSSR count). The van der Waals surface area contributed by atoms with Gasteiger partial charge in [-0.15, -0.1) is 0 Å². The third-order valence-electron chi connectivity index (χ3n) is 5.69. The molecule has 0 unspecified atom stereocenters. The van der Waals surface area contributed by atoms with Crippen LogP contribution >= 0.6 is 0 Å². The van der Waals surface area contributed by atoms with Crippen molar-refractivity contribution in [3.8, 4) is 0 Å². The van der Waals surface area contributed by atoms with E-state index >= 15 is 0 Å². The molecule has 0 bridgehead atoms. The van der Waals surface area contributed by atoms with Gasteiger partial charge in [0.1, 0.15) is 0 Å². The smallest absolute Gasteiger partial charge is 0.317 e. The van der Waals surface area contributed by atoms with E-state index in [1.165, 1.54) is 11.1 Å². The molecule has 2 amide bonds. The zero-order valence-electron chi connectivity index (χ0n) is 16.9. The summed E-state index contributed by atoms with van der Waals surface area (Å²) in [5.41, 5.74) is 2.58. The predicted octanol–water partition coefficient (Wildman–Crippen LogP) is 1.64. The Morgan fingerprint density at radius 1 is 1.11 bits per heavy atom. The number of aryl methyl sites for hydroxylation is 1. The molecule has 0 aromatic heterocycles. The summed E-state index contributed by atoms with van der Waals surface area (Å²) in [5.74, 6) is 0.136. The molecule has 1 N–H and O–H groups in total. The molecule has 2 heterocycles. The van der Waals surface area contributed by atoms with E-state index in [0.29, 0.717) is 25.9 Å². The quantitative estimate of drug-likeness (QED) is 0.804. The maximum atomic E-state index is 12.6. The van der Waals surface area contributed by atoms with E-state index in [2.05, 4.69) is 41.4 Å². The number of urea groups is 1. The topological polar surface area (TPSA) is 73.0 Å². The molecule has 2 aliphatic rings. The summed E-state index contributed by atoms with van der Waals surface area (Å²) in [4.78, 5) is 16.8. The van der Waals surface area contributed by atoms with Gasteiger partial charge in [-0.25, -0.2) is 17.5 Å². The summed E-state index contributed by atoms with van der Waals surface area (Å²) in [6, 6.07) is 8.59. The van der Waals surface area contributed by atoms with Gasteiger partial charge in [-0.1, -0.05) is 29.8 Å². The maximum absolute atomic E-state index is 12.6. The fraction of sp³-hybridized carbons (Fsp3) is 0.650. The van der Waals surface area contributed by atoms with Crippen LogP contribution in [0.4, 0.5) is 4.79 Å². The van der Waals surface area contributed by atoms with Crippen molar-refractivity contribution in [2.75, 3.05) is 45.0 Å². The number of piperazine rings is 1. The van der Waals surface area contributed by atoms with Crippen LogP contribution in [0.3, 0.4) is 0 Å². The highest BCUT2D eigenvalue weighted by Gasteiger charge is 2.29. The lowest BCUT2D eigenvalue weighted by Crippen LogP contribution is -2.55. The molecule has 7 nitrogen and oxygen atoms in total. The van der Waals surface area contributed by atoms with E-state index in [1.807, 2.05) is 4.90 Å². The van der Waals surface area contributed by atoms with E-state index in [-0.39, 0.29) is 17.8 Å². The van der Waals surface area contributed by atoms with Crippen LogP contribution in [0, 0.1) is 6.92 Å². The number of hydrogen-bond acceptors (Lipinski definition) is 4. The van der Waals surface area contributed by atoms with E-state index in [0.717, 1.165) is 32.7 Å². The van der Waals surface area contributed by atoms with Crippen LogP contribution < -0.4 is 5.32 Å². The molecule has 0 spiro atoms. The van der Waals surface area contributed by atoms with Crippen LogP contribution in [0.2, 0.25) is 0 Å². The molecule has 156 valence electrons. The second-order valence-corrected chi connectivity index (χ2v) is 10.0. The largest absolute Gasteiger partial charge is 0.335 e. The second-order valence-electron chi connectivity index (χ2n) is 7.78. The predicted molar refractivity (Wildman–Crippen MR) is 111 cm³/mol. The van der Waals surface area contributed by atoms with E-state index in [4.69, 9.17) is 0 Å². The van der Waals surface area contributed by atoms with Gasteiger partial charge >= 0.3 is 6.03 Å². The fourth-order valence-electron chi connectivity index (χ4n) is 3.90. The lowest BCUT2D eigenvalue weighted by molar-refractivity contribution is 0.131. The lowest BCUT2D eigenvalue weighted by atomic mass is 10.1. The highest BCUT2D eigenvalue weighted by atomic mass is 32.2. The van der Waals surface area contributed by atoms with Crippen molar-refractivity contribution in [2.24, 2.45) is 0 Å². The molecule has 0 radical (unpaired) electrons. The molecule has 2 saturated heterocycles. The van der Waals surface area contributed by atoms with E-state index < -0.39 is 10.0 Å². The Morgan fingerprint density at radius 3 is 2.39 bits per heavy atom. The molecule has 28 heavy (non-hydrogen) atoms. The van der Waals surface area contributed by atoms with Crippen molar-refractivity contribution in [3.63, 3.8) is 0 Å². The van der Waals surface area contributed by atoms with Crippen molar-refractivity contribution in [1.82, 2.24) is 19.4 Å². The Labute approximate surface area is 168 Å². The lowest BCUT2D eigenvalue weighted by Gasteiger charge is -2.37. The van der Waals surface area contributed by atoms with Gasteiger partial charge in [0.05, 0.1) is 5.75 Å². The van der Waals surface area contributed by atoms with Crippen molar-refractivity contribution in [3.05, 3.63) is 35.4 Å². The summed E-state index contributed by atoms with van der Waals surface area (Å²) >= 11 is 0. The number of carbonyl (C=O) groups excluding carboxylic acids is 1. The maximum Gasteiger partial charge on any atom is 0.317 e. The minimum Gasteiger partial charge on any atom is -0.335 e. The molecule has 0 aliphatic carbocycles. The van der Waals surface area contributed by atoms with Crippen molar-refractivity contribution >= 4 is 16.1 Å². The SMILES string of the molecule is CCS(=O)(=O)N1CCC(NC(=O)N2CCN(Cc3cccc(C)c3)CC2)CC1. The standard InChI is InChI=1S/C20H32N4O3S/c1-3-28(26,27)24-9-7-19(8-10-24)21-20(25)23-13-11-22(12-14-23)16-18-6-4-5-17(2)15-18/h4-6,15,19H,3,7-14,16H2,1-2H3,(H,21,25). The first-order valence-electron chi connectivity index (χ1n) is 10.2. The molecular formula is C20H32N4O3S. The normalized spacial score (nSPS) is 20.3. The average Bonchev–Trinajstić information content (AvgIpc) is 2.69. The summed E-state index contributed by atoms with van der Waals surface area (Å²) in [6.45, 7) is 8.86. The first kappa shape index (κ1) is 21.1. The Balaban J connectivity index is 1.41. The Bertz CT molecular complexity index is 767. The number of piperidine rings is 1. The molecule has 0 saturated carbocycles. The third-order valence-corrected chi connectivity index (χ3v) is 7.57. The number of amides is 2. The molecule has 0 atom stereocenters. The van der Waals surface area contributed by atoms with Crippen LogP contribution in [-0.2, 0) is 16.6 Å². The number of sulfonamides is 1. The van der Waals surface area contributed by atoms with Crippen molar-refractivity contribution in [1.29, 1.82) is 0 Å². The van der Waals surface area contributed by atoms with Gasteiger partial charge in [0.25, 0.3) is 0 Å². The Morgan fingerprint density at radius 2 is 1.79 bits per heavy atom. The van der Waals surface area contributed by atoms with Gasteiger partial charge in [0, 0.05) is 51.9 Å². The fourth-order valence-corrected chi connectivity index (χ4v) is 5.04. The van der Waals surface area contributed by atoms with Crippen LogP contribution in [0.25, 0.3) is 0 Å². The third kappa shape index (κ3) is 5.46. The highest BCUT2D eigenvalue weighted by molar-refractivity contribution is 7.89. The zero-order valence-corrected chi connectivity index (χ0v) is 17.7. The monoisotopic (exact) mass is 408 g/mol. The highest BCUT2D eigenvalue weighted by Crippen LogP contribution is 2.15. The zero-order chi connectivity index (χ0) is 20.1. The van der Waals surface area contributed by atoms with Gasteiger partial charge in [-0.3, -0.25) is 4.90 Å². The number of carbonyl (C=O) groups is 1. The van der Waals surface area contributed by atoms with Gasteiger partial charge < -0.3 is 10.2 Å². The Hall–Kier alpha value is -1.64. The first-order chi connectivity index (χ1) is 13.4.